The molecule has 1 unspecified atom stereocenters. The van der Waals surface area contributed by atoms with Crippen molar-refractivity contribution in [1.82, 2.24) is 0 Å². The second-order valence-electron chi connectivity index (χ2n) is 5.09. The third kappa shape index (κ3) is 5.98. The number of rotatable bonds is 10. The second kappa shape index (κ2) is 9.84. The highest BCUT2D eigenvalue weighted by molar-refractivity contribution is 6.32. The Hall–Kier alpha value is -0.990. The van der Waals surface area contributed by atoms with Gasteiger partial charge in [0.2, 0.25) is 0 Å². The number of hydrogen-bond acceptors (Lipinski definition) is 2. The van der Waals surface area contributed by atoms with E-state index in [9.17, 15) is 0 Å². The summed E-state index contributed by atoms with van der Waals surface area (Å²) in [6, 6.07) is 6.03. The first-order chi connectivity index (χ1) is 9.69. The molecule has 0 saturated carbocycles. The highest BCUT2D eigenvalue weighted by atomic mass is 35.5. The van der Waals surface area contributed by atoms with Gasteiger partial charge in [0.15, 0.2) is 0 Å². The van der Waals surface area contributed by atoms with Crippen LogP contribution in [0.4, 0.5) is 0 Å². The summed E-state index contributed by atoms with van der Waals surface area (Å²) in [5.41, 5.74) is 7.13. The van der Waals surface area contributed by atoms with Crippen molar-refractivity contribution in [1.29, 1.82) is 0 Å². The minimum atomic E-state index is 0.156. The van der Waals surface area contributed by atoms with Gasteiger partial charge in [-0.2, -0.15) is 0 Å². The Morgan fingerprint density at radius 1 is 1.35 bits per heavy atom. The highest BCUT2D eigenvalue weighted by Gasteiger charge is 2.11. The second-order valence-corrected chi connectivity index (χ2v) is 5.49. The molecule has 2 N–H and O–H groups in total. The van der Waals surface area contributed by atoms with Gasteiger partial charge in [-0.05, 0) is 50.2 Å². The van der Waals surface area contributed by atoms with E-state index in [2.05, 4.69) is 19.6 Å². The standard InChI is InChI=1S/C17H26ClNO/c1-3-5-6-7-8-12-20-17-14(13-15(19)4-2)10-9-11-16(17)18/h3,9-11,15H,1,4-8,12-13,19H2,2H3. The lowest BCUT2D eigenvalue weighted by molar-refractivity contribution is 0.302. The maximum absolute atomic E-state index is 6.24. The van der Waals surface area contributed by atoms with Crippen LogP contribution in [0, 0.1) is 0 Å². The average molecular weight is 296 g/mol. The molecule has 2 nitrogen and oxygen atoms in total. The van der Waals surface area contributed by atoms with Crippen molar-refractivity contribution in [3.63, 3.8) is 0 Å². The van der Waals surface area contributed by atoms with Crippen LogP contribution in [0.25, 0.3) is 0 Å². The Morgan fingerprint density at radius 2 is 2.15 bits per heavy atom. The van der Waals surface area contributed by atoms with Crippen LogP contribution in [0.1, 0.15) is 44.6 Å². The fraction of sp³-hybridized carbons (Fsp3) is 0.529. The molecule has 0 aromatic heterocycles. The maximum atomic E-state index is 6.24. The largest absolute Gasteiger partial charge is 0.492 e. The van der Waals surface area contributed by atoms with Crippen molar-refractivity contribution in [2.24, 2.45) is 5.73 Å². The number of para-hydroxylation sites is 1. The van der Waals surface area contributed by atoms with Gasteiger partial charge in [0.1, 0.15) is 5.75 Å². The molecule has 1 atom stereocenters. The minimum Gasteiger partial charge on any atom is -0.492 e. The quantitative estimate of drug-likeness (QED) is 0.499. The van der Waals surface area contributed by atoms with Crippen LogP contribution in [-0.4, -0.2) is 12.6 Å². The van der Waals surface area contributed by atoms with Crippen LogP contribution in [0.5, 0.6) is 5.75 Å². The van der Waals surface area contributed by atoms with Crippen molar-refractivity contribution in [3.05, 3.63) is 41.4 Å². The summed E-state index contributed by atoms with van der Waals surface area (Å²) in [7, 11) is 0. The van der Waals surface area contributed by atoms with Crippen molar-refractivity contribution >= 4 is 11.6 Å². The van der Waals surface area contributed by atoms with Crippen LogP contribution in [-0.2, 0) is 6.42 Å². The van der Waals surface area contributed by atoms with E-state index in [-0.39, 0.29) is 6.04 Å². The molecule has 0 aliphatic rings. The number of unbranched alkanes of at least 4 members (excludes halogenated alkanes) is 3. The third-order valence-corrected chi connectivity index (χ3v) is 3.65. The Kier molecular flexibility index (Phi) is 8.40. The highest BCUT2D eigenvalue weighted by Crippen LogP contribution is 2.30. The van der Waals surface area contributed by atoms with Crippen LogP contribution < -0.4 is 10.5 Å². The molecule has 0 spiro atoms. The van der Waals surface area contributed by atoms with E-state index in [4.69, 9.17) is 22.1 Å². The molecule has 1 aromatic carbocycles. The molecule has 0 fully saturated rings. The van der Waals surface area contributed by atoms with Gasteiger partial charge in [0.05, 0.1) is 11.6 Å². The van der Waals surface area contributed by atoms with Crippen molar-refractivity contribution in [3.8, 4) is 5.75 Å². The number of ether oxygens (including phenoxy) is 1. The molecule has 0 bridgehead atoms. The summed E-state index contributed by atoms with van der Waals surface area (Å²) in [5.74, 6) is 0.807. The fourth-order valence-electron chi connectivity index (χ4n) is 2.04. The average Bonchev–Trinajstić information content (AvgIpc) is 2.45. The third-order valence-electron chi connectivity index (χ3n) is 3.35. The summed E-state index contributed by atoms with van der Waals surface area (Å²) >= 11 is 6.24. The van der Waals surface area contributed by atoms with Gasteiger partial charge in [-0.15, -0.1) is 6.58 Å². The van der Waals surface area contributed by atoms with Gasteiger partial charge in [-0.25, -0.2) is 0 Å². The Morgan fingerprint density at radius 3 is 2.85 bits per heavy atom. The molecule has 1 aromatic rings. The Balaban J connectivity index is 2.52. The molecular weight excluding hydrogens is 270 g/mol. The van der Waals surface area contributed by atoms with Gasteiger partial charge in [-0.3, -0.25) is 0 Å². The van der Waals surface area contributed by atoms with Gasteiger partial charge < -0.3 is 10.5 Å². The lowest BCUT2D eigenvalue weighted by atomic mass is 10.0. The molecule has 20 heavy (non-hydrogen) atoms. The minimum absolute atomic E-state index is 0.156. The van der Waals surface area contributed by atoms with Crippen LogP contribution in [0.2, 0.25) is 5.02 Å². The molecule has 112 valence electrons. The molecule has 0 saturated heterocycles. The van der Waals surface area contributed by atoms with Crippen LogP contribution in [0.15, 0.2) is 30.9 Å². The first-order valence-electron chi connectivity index (χ1n) is 7.45. The SMILES string of the molecule is C=CCCCCCOc1c(Cl)cccc1CC(N)CC. The topological polar surface area (TPSA) is 35.2 Å². The smallest absolute Gasteiger partial charge is 0.141 e. The molecule has 0 heterocycles. The normalized spacial score (nSPS) is 12.2. The number of nitrogens with two attached hydrogens (primary N) is 1. The van der Waals surface area contributed by atoms with E-state index in [1.807, 2.05) is 18.2 Å². The van der Waals surface area contributed by atoms with E-state index in [0.29, 0.717) is 11.6 Å². The first-order valence-corrected chi connectivity index (χ1v) is 7.83. The lowest BCUT2D eigenvalue weighted by Crippen LogP contribution is -2.21. The van der Waals surface area contributed by atoms with Gasteiger partial charge in [0.25, 0.3) is 0 Å². The summed E-state index contributed by atoms with van der Waals surface area (Å²) in [5, 5.41) is 0.678. The number of halogens is 1. The predicted molar refractivity (Wildman–Crippen MR) is 87.6 cm³/mol. The zero-order chi connectivity index (χ0) is 14.8. The number of allylic oxidation sites excluding steroid dienone is 1. The van der Waals surface area contributed by atoms with Crippen molar-refractivity contribution in [2.45, 2.75) is 51.5 Å². The van der Waals surface area contributed by atoms with Crippen LogP contribution >= 0.6 is 11.6 Å². The molecular formula is C17H26ClNO. The Labute approximate surface area is 128 Å². The van der Waals surface area contributed by atoms with Gasteiger partial charge in [0, 0.05) is 6.04 Å². The summed E-state index contributed by atoms with van der Waals surface area (Å²) in [6.07, 6.45) is 8.15. The molecule has 0 radical (unpaired) electrons. The van der Waals surface area contributed by atoms with E-state index < -0.39 is 0 Å². The van der Waals surface area contributed by atoms with E-state index >= 15 is 0 Å². The molecule has 1 rings (SSSR count). The number of benzene rings is 1. The van der Waals surface area contributed by atoms with Crippen molar-refractivity contribution < 1.29 is 4.74 Å². The van der Waals surface area contributed by atoms with E-state index in [1.54, 1.807) is 0 Å². The molecule has 0 amide bonds. The zero-order valence-electron chi connectivity index (χ0n) is 12.4. The van der Waals surface area contributed by atoms with Gasteiger partial charge in [-0.1, -0.05) is 36.7 Å². The maximum Gasteiger partial charge on any atom is 0.141 e. The van der Waals surface area contributed by atoms with E-state index in [1.165, 1.54) is 6.42 Å². The van der Waals surface area contributed by atoms with Crippen LogP contribution in [0.3, 0.4) is 0 Å². The zero-order valence-corrected chi connectivity index (χ0v) is 13.2. The van der Waals surface area contributed by atoms with Crippen molar-refractivity contribution in [2.75, 3.05) is 6.61 Å². The lowest BCUT2D eigenvalue weighted by Gasteiger charge is -2.15. The summed E-state index contributed by atoms with van der Waals surface area (Å²) in [6.45, 7) is 6.52. The predicted octanol–water partition coefficient (Wildman–Crippen LogP) is 4.75. The first kappa shape index (κ1) is 17.1. The molecule has 0 aliphatic heterocycles. The fourth-order valence-corrected chi connectivity index (χ4v) is 2.29. The van der Waals surface area contributed by atoms with E-state index in [0.717, 1.165) is 43.4 Å². The molecule has 3 heteroatoms. The number of hydrogen-bond donors (Lipinski definition) is 1. The summed E-state index contributed by atoms with van der Waals surface area (Å²) in [4.78, 5) is 0. The monoisotopic (exact) mass is 295 g/mol. The summed E-state index contributed by atoms with van der Waals surface area (Å²) < 4.78 is 5.88. The van der Waals surface area contributed by atoms with Gasteiger partial charge >= 0.3 is 0 Å². The molecule has 0 aliphatic carbocycles. The Bertz CT molecular complexity index is 406.